The van der Waals surface area contributed by atoms with Gasteiger partial charge in [0.25, 0.3) is 0 Å². The molecule has 1 aromatic carbocycles. The van der Waals surface area contributed by atoms with E-state index in [0.717, 1.165) is 18.5 Å². The molecule has 0 aliphatic heterocycles. The van der Waals surface area contributed by atoms with E-state index in [2.05, 4.69) is 5.32 Å². The first-order valence-corrected chi connectivity index (χ1v) is 4.27. The highest BCUT2D eigenvalue weighted by molar-refractivity contribution is 5.34. The first kappa shape index (κ1) is 9.07. The number of nitrogens with zero attached hydrogens (tertiary/aromatic N) is 1. The Kier molecular flexibility index (Phi) is 3.61. The molecule has 2 nitrogen and oxygen atoms in total. The zero-order valence-corrected chi connectivity index (χ0v) is 7.27. The fourth-order valence-electron chi connectivity index (χ4n) is 1.01. The lowest BCUT2D eigenvalue weighted by atomic mass is 10.2. The normalized spacial score (nSPS) is 12.5. The lowest BCUT2D eigenvalue weighted by Gasteiger charge is -2.08. The van der Waals surface area contributed by atoms with E-state index in [1.165, 1.54) is 0 Å². The van der Waals surface area contributed by atoms with Gasteiger partial charge in [-0.3, -0.25) is 5.32 Å². The standard InChI is InChI=1S/C10H14NO/c1-2-6-10(12)11-9-7-4-3-5-8-9/h3-5,7-8,10,12H,2,6H2,1H3. The van der Waals surface area contributed by atoms with E-state index < -0.39 is 6.23 Å². The Morgan fingerprint density at radius 2 is 2.00 bits per heavy atom. The Morgan fingerprint density at radius 3 is 2.58 bits per heavy atom. The second kappa shape index (κ2) is 4.78. The lowest BCUT2D eigenvalue weighted by molar-refractivity contribution is 0.141. The molecule has 0 bridgehead atoms. The Labute approximate surface area is 73.2 Å². The van der Waals surface area contributed by atoms with E-state index in [1.807, 2.05) is 37.3 Å². The van der Waals surface area contributed by atoms with Gasteiger partial charge < -0.3 is 5.11 Å². The van der Waals surface area contributed by atoms with Crippen LogP contribution in [0, 0.1) is 0 Å². The number of aliphatic hydroxyl groups is 1. The zero-order chi connectivity index (χ0) is 8.81. The van der Waals surface area contributed by atoms with Gasteiger partial charge in [-0.1, -0.05) is 31.5 Å². The van der Waals surface area contributed by atoms with E-state index in [1.54, 1.807) is 0 Å². The van der Waals surface area contributed by atoms with Crippen LogP contribution in [0.3, 0.4) is 0 Å². The molecule has 1 atom stereocenters. The molecule has 1 rings (SSSR count). The first-order valence-electron chi connectivity index (χ1n) is 4.27. The van der Waals surface area contributed by atoms with Crippen molar-refractivity contribution in [1.29, 1.82) is 0 Å². The number of aliphatic hydroxyl groups excluding tert-OH is 1. The average Bonchev–Trinajstić information content (AvgIpc) is 2.06. The van der Waals surface area contributed by atoms with Crippen LogP contribution in [0.4, 0.5) is 5.69 Å². The van der Waals surface area contributed by atoms with E-state index >= 15 is 0 Å². The van der Waals surface area contributed by atoms with Gasteiger partial charge in [-0.2, -0.15) is 0 Å². The number of hydrogen-bond donors (Lipinski definition) is 1. The Bertz CT molecular complexity index is 210. The molecule has 0 aliphatic carbocycles. The number of para-hydroxylation sites is 1. The molecule has 0 aliphatic rings. The van der Waals surface area contributed by atoms with Crippen molar-refractivity contribution in [2.75, 3.05) is 0 Å². The molecule has 2 heteroatoms. The summed E-state index contributed by atoms with van der Waals surface area (Å²) < 4.78 is 0. The molecule has 1 aromatic rings. The highest BCUT2D eigenvalue weighted by Gasteiger charge is 2.02. The molecule has 0 saturated heterocycles. The zero-order valence-electron chi connectivity index (χ0n) is 7.27. The Morgan fingerprint density at radius 1 is 1.33 bits per heavy atom. The quantitative estimate of drug-likeness (QED) is 0.726. The van der Waals surface area contributed by atoms with Crippen molar-refractivity contribution in [2.24, 2.45) is 0 Å². The summed E-state index contributed by atoms with van der Waals surface area (Å²) in [5.74, 6) is 0. The van der Waals surface area contributed by atoms with Crippen LogP contribution in [-0.2, 0) is 0 Å². The molecule has 1 radical (unpaired) electrons. The lowest BCUT2D eigenvalue weighted by Crippen LogP contribution is -2.16. The maximum atomic E-state index is 9.34. The van der Waals surface area contributed by atoms with Crippen LogP contribution in [0.15, 0.2) is 30.3 Å². The van der Waals surface area contributed by atoms with E-state index in [-0.39, 0.29) is 0 Å². The Balaban J connectivity index is 2.41. The second-order valence-electron chi connectivity index (χ2n) is 2.73. The fourth-order valence-corrected chi connectivity index (χ4v) is 1.01. The van der Waals surface area contributed by atoms with Gasteiger partial charge in [0.2, 0.25) is 0 Å². The molecular weight excluding hydrogens is 150 g/mol. The average molecular weight is 164 g/mol. The molecule has 0 spiro atoms. The predicted molar refractivity (Wildman–Crippen MR) is 49.2 cm³/mol. The first-order chi connectivity index (χ1) is 5.83. The van der Waals surface area contributed by atoms with Gasteiger partial charge in [0.1, 0.15) is 6.23 Å². The maximum absolute atomic E-state index is 9.34. The Hall–Kier alpha value is -1.02. The summed E-state index contributed by atoms with van der Waals surface area (Å²) in [5.41, 5.74) is 0.846. The second-order valence-corrected chi connectivity index (χ2v) is 2.73. The minimum atomic E-state index is -0.544. The highest BCUT2D eigenvalue weighted by Crippen LogP contribution is 2.08. The van der Waals surface area contributed by atoms with Gasteiger partial charge in [0, 0.05) is 0 Å². The van der Waals surface area contributed by atoms with Crippen molar-refractivity contribution < 1.29 is 5.11 Å². The summed E-state index contributed by atoms with van der Waals surface area (Å²) in [6.45, 7) is 2.03. The molecule has 0 fully saturated rings. The van der Waals surface area contributed by atoms with Crippen molar-refractivity contribution in [3.63, 3.8) is 0 Å². The SMILES string of the molecule is CCCC(O)[N]c1ccccc1. The van der Waals surface area contributed by atoms with Crippen LogP contribution in [0.2, 0.25) is 0 Å². The molecule has 1 unspecified atom stereocenters. The number of hydrogen-bond acceptors (Lipinski definition) is 1. The van der Waals surface area contributed by atoms with Gasteiger partial charge in [0.15, 0.2) is 0 Å². The minimum absolute atomic E-state index is 0.544. The third-order valence-corrected chi connectivity index (χ3v) is 1.60. The van der Waals surface area contributed by atoms with Crippen LogP contribution in [0.5, 0.6) is 0 Å². The molecule has 1 N–H and O–H groups in total. The van der Waals surface area contributed by atoms with Gasteiger partial charge in [-0.15, -0.1) is 0 Å². The van der Waals surface area contributed by atoms with Gasteiger partial charge in [0.05, 0.1) is 5.69 Å². The molecular formula is C10H14NO. The number of benzene rings is 1. The van der Waals surface area contributed by atoms with Gasteiger partial charge in [-0.25, -0.2) is 0 Å². The molecule has 12 heavy (non-hydrogen) atoms. The van der Waals surface area contributed by atoms with Crippen LogP contribution >= 0.6 is 0 Å². The summed E-state index contributed by atoms with van der Waals surface area (Å²) in [6.07, 6.45) is 1.14. The summed E-state index contributed by atoms with van der Waals surface area (Å²) in [4.78, 5) is 0. The van der Waals surface area contributed by atoms with Crippen molar-refractivity contribution in [2.45, 2.75) is 26.0 Å². The van der Waals surface area contributed by atoms with Crippen molar-refractivity contribution in [1.82, 2.24) is 5.32 Å². The monoisotopic (exact) mass is 164 g/mol. The summed E-state index contributed by atoms with van der Waals surface area (Å²) in [7, 11) is 0. The van der Waals surface area contributed by atoms with E-state index in [0.29, 0.717) is 0 Å². The van der Waals surface area contributed by atoms with Gasteiger partial charge >= 0.3 is 0 Å². The van der Waals surface area contributed by atoms with Crippen molar-refractivity contribution in [3.8, 4) is 0 Å². The van der Waals surface area contributed by atoms with Crippen molar-refractivity contribution in [3.05, 3.63) is 30.3 Å². The number of rotatable bonds is 4. The van der Waals surface area contributed by atoms with E-state index in [9.17, 15) is 5.11 Å². The summed E-state index contributed by atoms with van der Waals surface area (Å²) in [6, 6.07) is 9.54. The third-order valence-electron chi connectivity index (χ3n) is 1.60. The summed E-state index contributed by atoms with van der Waals surface area (Å²) in [5, 5.41) is 13.4. The molecule has 65 valence electrons. The molecule has 0 saturated carbocycles. The smallest absolute Gasteiger partial charge is 0.145 e. The maximum Gasteiger partial charge on any atom is 0.145 e. The van der Waals surface area contributed by atoms with Crippen LogP contribution < -0.4 is 5.32 Å². The third kappa shape index (κ3) is 2.93. The van der Waals surface area contributed by atoms with Crippen LogP contribution in [-0.4, -0.2) is 11.3 Å². The predicted octanol–water partition coefficient (Wildman–Crippen LogP) is 2.04. The molecule has 0 aromatic heterocycles. The van der Waals surface area contributed by atoms with Crippen LogP contribution in [0.1, 0.15) is 19.8 Å². The fraction of sp³-hybridized carbons (Fsp3) is 0.400. The molecule has 0 amide bonds. The molecule has 0 heterocycles. The topological polar surface area (TPSA) is 34.3 Å². The van der Waals surface area contributed by atoms with Gasteiger partial charge in [-0.05, 0) is 18.6 Å². The minimum Gasteiger partial charge on any atom is -0.372 e. The van der Waals surface area contributed by atoms with E-state index in [4.69, 9.17) is 0 Å². The largest absolute Gasteiger partial charge is 0.372 e. The van der Waals surface area contributed by atoms with Crippen LogP contribution in [0.25, 0.3) is 0 Å². The highest BCUT2D eigenvalue weighted by atomic mass is 16.3. The summed E-state index contributed by atoms with van der Waals surface area (Å²) >= 11 is 0. The van der Waals surface area contributed by atoms with Crippen molar-refractivity contribution >= 4 is 5.69 Å².